The van der Waals surface area contributed by atoms with Gasteiger partial charge in [0, 0.05) is 13.6 Å². The van der Waals surface area contributed by atoms with E-state index < -0.39 is 10.2 Å². The van der Waals surface area contributed by atoms with Gasteiger partial charge in [0.05, 0.1) is 6.54 Å². The molecule has 0 aliphatic rings. The van der Waals surface area contributed by atoms with Crippen LogP contribution in [0.1, 0.15) is 31.3 Å². The van der Waals surface area contributed by atoms with Gasteiger partial charge in [0.2, 0.25) is 0 Å². The van der Waals surface area contributed by atoms with Crippen LogP contribution in [0.3, 0.4) is 0 Å². The lowest BCUT2D eigenvalue weighted by Crippen LogP contribution is -2.39. The molecule has 0 aliphatic heterocycles. The molecule has 1 heterocycles. The number of nitrogens with zero attached hydrogens (tertiary/aromatic N) is 1. The summed E-state index contributed by atoms with van der Waals surface area (Å²) in [5.74, 6) is 1.39. The van der Waals surface area contributed by atoms with Gasteiger partial charge in [-0.05, 0) is 45.0 Å². The van der Waals surface area contributed by atoms with E-state index in [1.54, 1.807) is 13.1 Å². The van der Waals surface area contributed by atoms with Crippen LogP contribution in [0.2, 0.25) is 0 Å². The topological polar surface area (TPSA) is 74.6 Å². The van der Waals surface area contributed by atoms with Crippen LogP contribution >= 0.6 is 0 Å². The highest BCUT2D eigenvalue weighted by atomic mass is 32.2. The lowest BCUT2D eigenvalue weighted by Gasteiger charge is -2.17. The van der Waals surface area contributed by atoms with E-state index >= 15 is 0 Å². The highest BCUT2D eigenvalue weighted by Crippen LogP contribution is 2.06. The molecule has 0 aliphatic carbocycles. The number of aryl methyl sites for hydroxylation is 1. The first kappa shape index (κ1) is 17.2. The fourth-order valence-corrected chi connectivity index (χ4v) is 2.62. The molecule has 1 aromatic heterocycles. The van der Waals surface area contributed by atoms with Crippen molar-refractivity contribution in [3.05, 3.63) is 23.7 Å². The summed E-state index contributed by atoms with van der Waals surface area (Å²) in [7, 11) is -1.87. The number of hydrogen-bond acceptors (Lipinski definition) is 4. The zero-order valence-electron chi connectivity index (χ0n) is 12.5. The van der Waals surface area contributed by atoms with Crippen molar-refractivity contribution < 1.29 is 12.8 Å². The first-order valence-corrected chi connectivity index (χ1v) is 8.36. The first-order chi connectivity index (χ1) is 9.45. The minimum absolute atomic E-state index is 0.175. The van der Waals surface area contributed by atoms with E-state index in [9.17, 15) is 8.42 Å². The molecule has 0 saturated carbocycles. The molecule has 2 N–H and O–H groups in total. The minimum Gasteiger partial charge on any atom is -0.465 e. The SMILES string of the molecule is CCCNCCCN(C)S(=O)(=O)NCc1ccc(C)o1. The maximum Gasteiger partial charge on any atom is 0.279 e. The molecule has 0 bridgehead atoms. The van der Waals surface area contributed by atoms with Gasteiger partial charge >= 0.3 is 0 Å². The summed E-state index contributed by atoms with van der Waals surface area (Å²) in [5.41, 5.74) is 0. The molecule has 0 saturated heterocycles. The van der Waals surface area contributed by atoms with E-state index in [1.165, 1.54) is 4.31 Å². The second-order valence-electron chi connectivity index (χ2n) is 4.76. The highest BCUT2D eigenvalue weighted by Gasteiger charge is 2.17. The standard InChI is InChI=1S/C13H25N3O3S/c1-4-8-14-9-5-10-16(3)20(17,18)15-11-13-7-6-12(2)19-13/h6-7,14-15H,4-5,8-11H2,1-3H3. The Bertz CT molecular complexity index is 485. The summed E-state index contributed by atoms with van der Waals surface area (Å²) in [6.45, 7) is 6.38. The van der Waals surface area contributed by atoms with Gasteiger partial charge in [0.25, 0.3) is 10.2 Å². The zero-order valence-corrected chi connectivity index (χ0v) is 13.3. The molecule has 0 spiro atoms. The number of nitrogens with one attached hydrogen (secondary N) is 2. The van der Waals surface area contributed by atoms with Crippen molar-refractivity contribution in [3.63, 3.8) is 0 Å². The van der Waals surface area contributed by atoms with Crippen molar-refractivity contribution in [1.82, 2.24) is 14.3 Å². The van der Waals surface area contributed by atoms with Crippen LogP contribution < -0.4 is 10.0 Å². The van der Waals surface area contributed by atoms with Gasteiger partial charge in [0.15, 0.2) is 0 Å². The summed E-state index contributed by atoms with van der Waals surface area (Å²) < 4.78 is 33.1. The molecular weight excluding hydrogens is 278 g/mol. The van der Waals surface area contributed by atoms with E-state index in [1.807, 2.05) is 13.0 Å². The van der Waals surface area contributed by atoms with E-state index in [-0.39, 0.29) is 6.54 Å². The van der Waals surface area contributed by atoms with Crippen LogP contribution in [-0.2, 0) is 16.8 Å². The molecule has 6 nitrogen and oxygen atoms in total. The molecule has 0 amide bonds. The Morgan fingerprint density at radius 1 is 1.30 bits per heavy atom. The van der Waals surface area contributed by atoms with Gasteiger partial charge in [-0.15, -0.1) is 0 Å². The van der Waals surface area contributed by atoms with E-state index in [4.69, 9.17) is 4.42 Å². The molecule has 0 radical (unpaired) electrons. The Morgan fingerprint density at radius 2 is 2.05 bits per heavy atom. The van der Waals surface area contributed by atoms with Crippen molar-refractivity contribution in [2.24, 2.45) is 0 Å². The molecular formula is C13H25N3O3S. The van der Waals surface area contributed by atoms with Crippen LogP contribution in [0.5, 0.6) is 0 Å². The maximum atomic E-state index is 12.0. The average Bonchev–Trinajstić information content (AvgIpc) is 2.82. The predicted octanol–water partition coefficient (Wildman–Crippen LogP) is 1.24. The predicted molar refractivity (Wildman–Crippen MR) is 79.6 cm³/mol. The molecule has 116 valence electrons. The Labute approximate surface area is 121 Å². The fourth-order valence-electron chi connectivity index (χ4n) is 1.70. The molecule has 0 fully saturated rings. The van der Waals surface area contributed by atoms with Crippen molar-refractivity contribution in [2.45, 2.75) is 33.2 Å². The van der Waals surface area contributed by atoms with Gasteiger partial charge in [-0.3, -0.25) is 0 Å². The number of rotatable bonds is 10. The second-order valence-corrected chi connectivity index (χ2v) is 6.63. The van der Waals surface area contributed by atoms with Crippen LogP contribution in [-0.4, -0.2) is 39.4 Å². The Balaban J connectivity index is 2.31. The first-order valence-electron chi connectivity index (χ1n) is 6.92. The normalized spacial score (nSPS) is 12.2. The second kappa shape index (κ2) is 8.41. The van der Waals surface area contributed by atoms with Gasteiger partial charge in [-0.2, -0.15) is 17.4 Å². The Hall–Kier alpha value is -0.890. The fraction of sp³-hybridized carbons (Fsp3) is 0.692. The molecule has 1 rings (SSSR count). The highest BCUT2D eigenvalue weighted by molar-refractivity contribution is 7.87. The average molecular weight is 303 g/mol. The maximum absolute atomic E-state index is 12.0. The molecule has 0 unspecified atom stereocenters. The summed E-state index contributed by atoms with van der Waals surface area (Å²) in [5, 5.41) is 3.25. The smallest absolute Gasteiger partial charge is 0.279 e. The molecule has 0 aromatic carbocycles. The van der Waals surface area contributed by atoms with Gasteiger partial charge in [-0.1, -0.05) is 6.92 Å². The molecule has 7 heteroatoms. The molecule has 0 atom stereocenters. The Morgan fingerprint density at radius 3 is 2.65 bits per heavy atom. The lowest BCUT2D eigenvalue weighted by atomic mass is 10.4. The van der Waals surface area contributed by atoms with Crippen molar-refractivity contribution in [3.8, 4) is 0 Å². The third kappa shape index (κ3) is 6.04. The summed E-state index contributed by atoms with van der Waals surface area (Å²) in [6, 6.07) is 3.58. The van der Waals surface area contributed by atoms with Gasteiger partial charge in [0.1, 0.15) is 11.5 Å². The van der Waals surface area contributed by atoms with Gasteiger partial charge < -0.3 is 9.73 Å². The van der Waals surface area contributed by atoms with E-state index in [0.717, 1.165) is 31.7 Å². The van der Waals surface area contributed by atoms with Crippen LogP contribution in [0.15, 0.2) is 16.5 Å². The van der Waals surface area contributed by atoms with Crippen LogP contribution in [0, 0.1) is 6.92 Å². The Kier molecular flexibility index (Phi) is 7.22. The minimum atomic E-state index is -3.45. The summed E-state index contributed by atoms with van der Waals surface area (Å²) in [4.78, 5) is 0. The number of furan rings is 1. The van der Waals surface area contributed by atoms with Crippen LogP contribution in [0.25, 0.3) is 0 Å². The zero-order chi connectivity index (χ0) is 15.0. The largest absolute Gasteiger partial charge is 0.465 e. The molecule has 1 aromatic rings. The van der Waals surface area contributed by atoms with E-state index in [0.29, 0.717) is 12.3 Å². The van der Waals surface area contributed by atoms with E-state index in [2.05, 4.69) is 17.0 Å². The van der Waals surface area contributed by atoms with Crippen molar-refractivity contribution in [1.29, 1.82) is 0 Å². The quantitative estimate of drug-likeness (QED) is 0.638. The van der Waals surface area contributed by atoms with Crippen molar-refractivity contribution in [2.75, 3.05) is 26.7 Å². The summed E-state index contributed by atoms with van der Waals surface area (Å²) >= 11 is 0. The third-order valence-electron chi connectivity index (χ3n) is 2.89. The van der Waals surface area contributed by atoms with Crippen molar-refractivity contribution >= 4 is 10.2 Å². The summed E-state index contributed by atoms with van der Waals surface area (Å²) in [6.07, 6.45) is 1.87. The monoisotopic (exact) mass is 303 g/mol. The third-order valence-corrected chi connectivity index (χ3v) is 4.40. The number of hydrogen-bond donors (Lipinski definition) is 2. The van der Waals surface area contributed by atoms with Gasteiger partial charge in [-0.25, -0.2) is 0 Å². The lowest BCUT2D eigenvalue weighted by molar-refractivity contribution is 0.434. The van der Waals surface area contributed by atoms with Crippen LogP contribution in [0.4, 0.5) is 0 Å². The molecule has 20 heavy (non-hydrogen) atoms.